The van der Waals surface area contributed by atoms with E-state index in [1.807, 2.05) is 0 Å². The van der Waals surface area contributed by atoms with Gasteiger partial charge in [0.2, 0.25) is 10.0 Å². The van der Waals surface area contributed by atoms with Crippen LogP contribution in [0.2, 0.25) is 0 Å². The Kier molecular flexibility index (Phi) is 4.86. The summed E-state index contributed by atoms with van der Waals surface area (Å²) in [7, 11) is -0.511. The Hall–Kier alpha value is -2.61. The van der Waals surface area contributed by atoms with Gasteiger partial charge in [-0.3, -0.25) is 0 Å². The molecule has 1 atom stereocenters. The van der Waals surface area contributed by atoms with Crippen LogP contribution in [0.25, 0.3) is 0 Å². The lowest BCUT2D eigenvalue weighted by Gasteiger charge is -2.21. The molecule has 0 unspecified atom stereocenters. The van der Waals surface area contributed by atoms with E-state index in [0.29, 0.717) is 34.8 Å². The van der Waals surface area contributed by atoms with E-state index < -0.39 is 16.1 Å². The molecule has 2 aromatic rings. The van der Waals surface area contributed by atoms with Gasteiger partial charge in [-0.2, -0.15) is 9.52 Å². The van der Waals surface area contributed by atoms with Gasteiger partial charge < -0.3 is 9.47 Å². The van der Waals surface area contributed by atoms with E-state index in [4.69, 9.17) is 9.47 Å². The molecule has 0 saturated heterocycles. The van der Waals surface area contributed by atoms with Crippen LogP contribution >= 0.6 is 0 Å². The van der Waals surface area contributed by atoms with Crippen LogP contribution in [0, 0.1) is 5.82 Å². The molecule has 0 amide bonds. The first-order valence-corrected chi connectivity index (χ1v) is 9.72. The lowest BCUT2D eigenvalue weighted by Crippen LogP contribution is -2.25. The Bertz CT molecular complexity index is 920. The average molecular weight is 378 g/mol. The van der Waals surface area contributed by atoms with Crippen molar-refractivity contribution in [3.63, 3.8) is 0 Å². The number of hydrogen-bond donors (Lipinski definition) is 0. The first-order chi connectivity index (χ1) is 12.3. The SMILES string of the molecule is COc1cc(OC)cc(C2=NN(S(C)(=O)=O)[C@@H](c3ccc(F)cc3)C2)c1. The van der Waals surface area contributed by atoms with Gasteiger partial charge in [0, 0.05) is 18.1 Å². The number of benzene rings is 2. The van der Waals surface area contributed by atoms with Crippen molar-refractivity contribution in [3.8, 4) is 11.5 Å². The lowest BCUT2D eigenvalue weighted by molar-refractivity contribution is 0.374. The Balaban J connectivity index is 2.03. The molecule has 3 rings (SSSR count). The number of rotatable bonds is 5. The van der Waals surface area contributed by atoms with Crippen molar-refractivity contribution in [1.82, 2.24) is 4.41 Å². The molecule has 1 aliphatic heterocycles. The molecule has 0 N–H and O–H groups in total. The number of halogens is 1. The fraction of sp³-hybridized carbons (Fsp3) is 0.278. The maximum absolute atomic E-state index is 13.2. The number of methoxy groups -OCH3 is 2. The molecule has 26 heavy (non-hydrogen) atoms. The molecule has 6 nitrogen and oxygen atoms in total. The van der Waals surface area contributed by atoms with Gasteiger partial charge in [-0.1, -0.05) is 12.1 Å². The fourth-order valence-corrected chi connectivity index (χ4v) is 3.78. The third kappa shape index (κ3) is 3.65. The second-order valence-corrected chi connectivity index (χ2v) is 7.80. The summed E-state index contributed by atoms with van der Waals surface area (Å²) in [6.45, 7) is 0. The van der Waals surface area contributed by atoms with E-state index in [1.165, 1.54) is 12.1 Å². The Morgan fingerprint density at radius 3 is 2.15 bits per heavy atom. The van der Waals surface area contributed by atoms with Crippen molar-refractivity contribution in [2.24, 2.45) is 5.10 Å². The molecular formula is C18H19FN2O4S. The van der Waals surface area contributed by atoms with Crippen LogP contribution in [0.4, 0.5) is 4.39 Å². The van der Waals surface area contributed by atoms with Crippen molar-refractivity contribution in [3.05, 3.63) is 59.4 Å². The molecule has 138 valence electrons. The van der Waals surface area contributed by atoms with Crippen LogP contribution in [0.1, 0.15) is 23.6 Å². The van der Waals surface area contributed by atoms with Crippen LogP contribution < -0.4 is 9.47 Å². The first kappa shape index (κ1) is 18.2. The third-order valence-electron chi connectivity index (χ3n) is 4.15. The molecule has 1 heterocycles. The van der Waals surface area contributed by atoms with Crippen molar-refractivity contribution < 1.29 is 22.3 Å². The molecule has 2 aromatic carbocycles. The van der Waals surface area contributed by atoms with E-state index in [-0.39, 0.29) is 5.82 Å². The van der Waals surface area contributed by atoms with Gasteiger partial charge in [-0.15, -0.1) is 0 Å². The minimum atomic E-state index is -3.59. The molecule has 0 bridgehead atoms. The van der Waals surface area contributed by atoms with Gasteiger partial charge in [0.25, 0.3) is 0 Å². The minimum absolute atomic E-state index is 0.356. The summed E-state index contributed by atoms with van der Waals surface area (Å²) in [5.74, 6) is 0.785. The van der Waals surface area contributed by atoms with Crippen LogP contribution in [0.5, 0.6) is 11.5 Å². The number of hydrogen-bond acceptors (Lipinski definition) is 5. The summed E-state index contributed by atoms with van der Waals surface area (Å²) in [5.41, 5.74) is 1.96. The average Bonchev–Trinajstić information content (AvgIpc) is 3.07. The number of sulfonamides is 1. The Morgan fingerprint density at radius 1 is 1.08 bits per heavy atom. The van der Waals surface area contributed by atoms with Crippen LogP contribution in [0.15, 0.2) is 47.6 Å². The maximum Gasteiger partial charge on any atom is 0.247 e. The zero-order valence-corrected chi connectivity index (χ0v) is 15.5. The zero-order chi connectivity index (χ0) is 18.9. The Labute approximate surface area is 151 Å². The molecule has 0 radical (unpaired) electrons. The van der Waals surface area contributed by atoms with Gasteiger partial charge in [0.15, 0.2) is 0 Å². The zero-order valence-electron chi connectivity index (χ0n) is 14.6. The van der Waals surface area contributed by atoms with Gasteiger partial charge >= 0.3 is 0 Å². The molecular weight excluding hydrogens is 359 g/mol. The summed E-state index contributed by atoms with van der Waals surface area (Å²) in [5, 5.41) is 4.32. The van der Waals surface area contributed by atoms with Crippen LogP contribution in [-0.2, 0) is 10.0 Å². The molecule has 0 aliphatic carbocycles. The molecule has 0 fully saturated rings. The highest BCUT2D eigenvalue weighted by Gasteiger charge is 2.34. The Morgan fingerprint density at radius 2 is 1.65 bits per heavy atom. The van der Waals surface area contributed by atoms with E-state index in [2.05, 4.69) is 5.10 Å². The highest BCUT2D eigenvalue weighted by molar-refractivity contribution is 7.88. The molecule has 8 heteroatoms. The predicted molar refractivity (Wildman–Crippen MR) is 96.5 cm³/mol. The van der Waals surface area contributed by atoms with Gasteiger partial charge in [-0.05, 0) is 29.8 Å². The van der Waals surface area contributed by atoms with Crippen molar-refractivity contribution >= 4 is 15.7 Å². The summed E-state index contributed by atoms with van der Waals surface area (Å²) in [4.78, 5) is 0. The monoisotopic (exact) mass is 378 g/mol. The minimum Gasteiger partial charge on any atom is -0.497 e. The van der Waals surface area contributed by atoms with Crippen LogP contribution in [0.3, 0.4) is 0 Å². The van der Waals surface area contributed by atoms with Gasteiger partial charge in [0.1, 0.15) is 17.3 Å². The van der Waals surface area contributed by atoms with Crippen LogP contribution in [-0.4, -0.2) is 39.0 Å². The van der Waals surface area contributed by atoms with E-state index >= 15 is 0 Å². The molecule has 0 aromatic heterocycles. The van der Waals surface area contributed by atoms with Crippen molar-refractivity contribution in [1.29, 1.82) is 0 Å². The summed E-state index contributed by atoms with van der Waals surface area (Å²) in [6.07, 6.45) is 1.46. The lowest BCUT2D eigenvalue weighted by atomic mass is 9.99. The largest absolute Gasteiger partial charge is 0.497 e. The fourth-order valence-electron chi connectivity index (χ4n) is 2.88. The predicted octanol–water partition coefficient (Wildman–Crippen LogP) is 2.95. The summed E-state index contributed by atoms with van der Waals surface area (Å²) < 4.78 is 49.2. The van der Waals surface area contributed by atoms with E-state index in [0.717, 1.165) is 10.7 Å². The van der Waals surface area contributed by atoms with Gasteiger partial charge in [-0.25, -0.2) is 12.8 Å². The highest BCUT2D eigenvalue weighted by atomic mass is 32.2. The maximum atomic E-state index is 13.2. The summed E-state index contributed by atoms with van der Waals surface area (Å²) in [6, 6.07) is 10.5. The summed E-state index contributed by atoms with van der Waals surface area (Å²) >= 11 is 0. The number of hydrazone groups is 1. The molecule has 0 saturated carbocycles. The smallest absolute Gasteiger partial charge is 0.247 e. The quantitative estimate of drug-likeness (QED) is 0.802. The van der Waals surface area contributed by atoms with Crippen molar-refractivity contribution in [2.45, 2.75) is 12.5 Å². The number of ether oxygens (including phenoxy) is 2. The molecule has 1 aliphatic rings. The van der Waals surface area contributed by atoms with Gasteiger partial charge in [0.05, 0.1) is 32.2 Å². The third-order valence-corrected chi connectivity index (χ3v) is 5.17. The second kappa shape index (κ2) is 6.95. The topological polar surface area (TPSA) is 68.2 Å². The standard InChI is InChI=1S/C18H19FN2O4S/c1-24-15-8-13(9-16(10-15)25-2)17-11-18(21(20-17)26(3,22)23)12-4-6-14(19)7-5-12/h4-10,18H,11H2,1-3H3/t18-/m1/s1. The number of nitrogens with zero attached hydrogens (tertiary/aromatic N) is 2. The first-order valence-electron chi connectivity index (χ1n) is 7.87. The normalized spacial score (nSPS) is 17.2. The highest BCUT2D eigenvalue weighted by Crippen LogP contribution is 2.36. The van der Waals surface area contributed by atoms with Crippen molar-refractivity contribution in [2.75, 3.05) is 20.5 Å². The van der Waals surface area contributed by atoms with E-state index in [1.54, 1.807) is 44.6 Å². The molecule has 0 spiro atoms. The van der Waals surface area contributed by atoms with E-state index in [9.17, 15) is 12.8 Å². The second-order valence-electron chi connectivity index (χ2n) is 5.96.